The normalized spacial score (nSPS) is 29.8. The summed E-state index contributed by atoms with van der Waals surface area (Å²) in [5.41, 5.74) is 1.84. The third-order valence-corrected chi connectivity index (χ3v) is 8.31. The molecule has 2 amide bonds. The highest BCUT2D eigenvalue weighted by Crippen LogP contribution is 2.61. The summed E-state index contributed by atoms with van der Waals surface area (Å²) in [5, 5.41) is 6.45. The number of hydrogen-bond donors (Lipinski definition) is 2. The van der Waals surface area contributed by atoms with Crippen molar-refractivity contribution in [2.45, 2.75) is 64.0 Å². The van der Waals surface area contributed by atoms with Crippen LogP contribution in [0.4, 0.5) is 0 Å². The van der Waals surface area contributed by atoms with Gasteiger partial charge in [-0.2, -0.15) is 0 Å². The highest BCUT2D eigenvalue weighted by atomic mass is 16.2. The maximum atomic E-state index is 13.2. The van der Waals surface area contributed by atoms with Gasteiger partial charge in [-0.25, -0.2) is 0 Å². The molecule has 4 heteroatoms. The third kappa shape index (κ3) is 4.32. The molecule has 2 unspecified atom stereocenters. The van der Waals surface area contributed by atoms with Gasteiger partial charge in [-0.1, -0.05) is 48.5 Å². The van der Waals surface area contributed by atoms with Crippen LogP contribution in [0.5, 0.6) is 0 Å². The molecule has 0 radical (unpaired) electrons. The smallest absolute Gasteiger partial charge is 0.251 e. The second-order valence-electron chi connectivity index (χ2n) is 10.6. The molecule has 4 fully saturated rings. The number of benzene rings is 2. The Balaban J connectivity index is 1.27. The van der Waals surface area contributed by atoms with Gasteiger partial charge < -0.3 is 10.6 Å². The number of carbonyl (C=O) groups is 2. The van der Waals surface area contributed by atoms with E-state index in [4.69, 9.17) is 0 Å². The Morgan fingerprint density at radius 3 is 1.94 bits per heavy atom. The predicted molar refractivity (Wildman–Crippen MR) is 126 cm³/mol. The van der Waals surface area contributed by atoms with E-state index in [-0.39, 0.29) is 35.7 Å². The molecule has 6 rings (SSSR count). The fourth-order valence-electron chi connectivity index (χ4n) is 7.12. The lowest BCUT2D eigenvalue weighted by atomic mass is 9.48. The van der Waals surface area contributed by atoms with E-state index in [2.05, 4.69) is 17.6 Å². The molecule has 0 spiro atoms. The molecule has 0 heterocycles. The quantitative estimate of drug-likeness (QED) is 0.629. The molecular formula is C28H34N2O2. The predicted octanol–water partition coefficient (Wildman–Crippen LogP) is 5.27. The summed E-state index contributed by atoms with van der Waals surface area (Å²) < 4.78 is 0. The molecule has 2 atom stereocenters. The largest absolute Gasteiger partial charge is 0.353 e. The van der Waals surface area contributed by atoms with Crippen LogP contribution in [-0.2, 0) is 4.79 Å². The number of nitrogens with one attached hydrogen (secondary N) is 2. The summed E-state index contributed by atoms with van der Waals surface area (Å²) in [7, 11) is 0. The average molecular weight is 431 g/mol. The lowest BCUT2D eigenvalue weighted by molar-refractivity contribution is -0.126. The van der Waals surface area contributed by atoms with Crippen molar-refractivity contribution in [1.29, 1.82) is 0 Å². The Hall–Kier alpha value is -2.62. The van der Waals surface area contributed by atoms with Gasteiger partial charge in [0.05, 0.1) is 12.5 Å². The van der Waals surface area contributed by atoms with Crippen molar-refractivity contribution in [1.82, 2.24) is 10.6 Å². The van der Waals surface area contributed by atoms with Crippen molar-refractivity contribution >= 4 is 11.8 Å². The molecule has 4 aliphatic rings. The lowest BCUT2D eigenvalue weighted by Crippen LogP contribution is -2.56. The topological polar surface area (TPSA) is 58.2 Å². The average Bonchev–Trinajstić information content (AvgIpc) is 2.79. The van der Waals surface area contributed by atoms with Crippen LogP contribution in [-0.4, -0.2) is 17.9 Å². The molecule has 168 valence electrons. The van der Waals surface area contributed by atoms with Crippen LogP contribution in [0.25, 0.3) is 0 Å². The molecular weight excluding hydrogens is 396 g/mol. The number of carbonyl (C=O) groups excluding carboxylic acids is 2. The van der Waals surface area contributed by atoms with Crippen molar-refractivity contribution in [3.8, 4) is 0 Å². The molecule has 0 aliphatic heterocycles. The number of rotatable bonds is 7. The SMILES string of the molecule is CC(NC(=O)CC(NC(=O)c1ccccc1)c1ccccc1)C12CC3CC(CC(C3)C1)C2. The number of hydrogen-bond acceptors (Lipinski definition) is 2. The summed E-state index contributed by atoms with van der Waals surface area (Å²) in [6, 6.07) is 18.8. The fourth-order valence-corrected chi connectivity index (χ4v) is 7.12. The monoisotopic (exact) mass is 430 g/mol. The third-order valence-electron chi connectivity index (χ3n) is 8.31. The van der Waals surface area contributed by atoms with Crippen molar-refractivity contribution in [3.05, 3.63) is 71.8 Å². The van der Waals surface area contributed by atoms with Crippen LogP contribution in [0.1, 0.15) is 73.8 Å². The van der Waals surface area contributed by atoms with Crippen LogP contribution >= 0.6 is 0 Å². The second kappa shape index (κ2) is 8.73. The van der Waals surface area contributed by atoms with Gasteiger partial charge in [-0.15, -0.1) is 0 Å². The van der Waals surface area contributed by atoms with Crippen LogP contribution in [0.2, 0.25) is 0 Å². The van der Waals surface area contributed by atoms with E-state index < -0.39 is 0 Å². The van der Waals surface area contributed by atoms with E-state index in [0.717, 1.165) is 23.3 Å². The first kappa shape index (κ1) is 21.2. The second-order valence-corrected chi connectivity index (χ2v) is 10.6. The maximum Gasteiger partial charge on any atom is 0.251 e. The van der Waals surface area contributed by atoms with E-state index in [9.17, 15) is 9.59 Å². The summed E-state index contributed by atoms with van der Waals surface area (Å²) in [6.07, 6.45) is 8.28. The lowest BCUT2D eigenvalue weighted by Gasteiger charge is -2.59. The molecule has 4 nitrogen and oxygen atoms in total. The maximum absolute atomic E-state index is 13.2. The molecule has 2 aromatic rings. The molecule has 4 saturated carbocycles. The summed E-state index contributed by atoms with van der Waals surface area (Å²) in [4.78, 5) is 26.0. The zero-order chi connectivity index (χ0) is 22.1. The van der Waals surface area contributed by atoms with E-state index >= 15 is 0 Å². The van der Waals surface area contributed by atoms with E-state index in [1.807, 2.05) is 48.5 Å². The Bertz CT molecular complexity index is 921. The van der Waals surface area contributed by atoms with Gasteiger partial charge in [0.1, 0.15) is 0 Å². The minimum Gasteiger partial charge on any atom is -0.353 e. The highest BCUT2D eigenvalue weighted by molar-refractivity contribution is 5.94. The Kier molecular flexibility index (Phi) is 5.79. The Morgan fingerprint density at radius 2 is 1.38 bits per heavy atom. The van der Waals surface area contributed by atoms with Crippen LogP contribution in [0.3, 0.4) is 0 Å². The van der Waals surface area contributed by atoms with E-state index in [1.54, 1.807) is 12.1 Å². The first-order chi connectivity index (χ1) is 15.5. The van der Waals surface area contributed by atoms with E-state index in [0.29, 0.717) is 5.56 Å². The molecule has 2 N–H and O–H groups in total. The van der Waals surface area contributed by atoms with Crippen LogP contribution in [0, 0.1) is 23.2 Å². The van der Waals surface area contributed by atoms with Gasteiger partial charge in [-0.3, -0.25) is 9.59 Å². The van der Waals surface area contributed by atoms with Gasteiger partial charge >= 0.3 is 0 Å². The van der Waals surface area contributed by atoms with Crippen LogP contribution < -0.4 is 10.6 Å². The van der Waals surface area contributed by atoms with Crippen molar-refractivity contribution < 1.29 is 9.59 Å². The Morgan fingerprint density at radius 1 is 0.844 bits per heavy atom. The molecule has 2 aromatic carbocycles. The molecule has 32 heavy (non-hydrogen) atoms. The summed E-state index contributed by atoms with van der Waals surface area (Å²) in [6.45, 7) is 2.21. The first-order valence-electron chi connectivity index (χ1n) is 12.2. The summed E-state index contributed by atoms with van der Waals surface area (Å²) >= 11 is 0. The first-order valence-corrected chi connectivity index (χ1v) is 12.2. The molecule has 0 aromatic heterocycles. The minimum absolute atomic E-state index is 0.0236. The Labute approximate surface area is 191 Å². The van der Waals surface area contributed by atoms with Gasteiger partial charge in [0, 0.05) is 11.6 Å². The molecule has 4 aliphatic carbocycles. The standard InChI is InChI=1S/C28H34N2O2/c1-19(28-16-20-12-21(17-28)14-22(13-20)18-28)29-26(31)15-25(23-8-4-2-5-9-23)30-27(32)24-10-6-3-7-11-24/h2-11,19-22,25H,12-18H2,1H3,(H,29,31)(H,30,32). The van der Waals surface area contributed by atoms with Gasteiger partial charge in [0.15, 0.2) is 0 Å². The summed E-state index contributed by atoms with van der Waals surface area (Å²) in [5.74, 6) is 2.46. The molecule has 0 saturated heterocycles. The van der Waals surface area contributed by atoms with E-state index in [1.165, 1.54) is 38.5 Å². The number of amides is 2. The zero-order valence-corrected chi connectivity index (χ0v) is 18.9. The van der Waals surface area contributed by atoms with Crippen molar-refractivity contribution in [2.24, 2.45) is 23.2 Å². The van der Waals surface area contributed by atoms with Crippen LogP contribution in [0.15, 0.2) is 60.7 Å². The van der Waals surface area contributed by atoms with Gasteiger partial charge in [0.25, 0.3) is 5.91 Å². The molecule has 4 bridgehead atoms. The van der Waals surface area contributed by atoms with Gasteiger partial charge in [0.2, 0.25) is 5.91 Å². The van der Waals surface area contributed by atoms with Gasteiger partial charge in [-0.05, 0) is 86.3 Å². The highest BCUT2D eigenvalue weighted by Gasteiger charge is 2.53. The van der Waals surface area contributed by atoms with Crippen molar-refractivity contribution in [3.63, 3.8) is 0 Å². The fraction of sp³-hybridized carbons (Fsp3) is 0.500. The minimum atomic E-state index is -0.354. The van der Waals surface area contributed by atoms with Crippen molar-refractivity contribution in [2.75, 3.05) is 0 Å². The zero-order valence-electron chi connectivity index (χ0n) is 18.9.